The molecule has 0 saturated carbocycles. The second-order valence-electron chi connectivity index (χ2n) is 5.68. The number of hydrogen-bond donors (Lipinski definition) is 2. The highest BCUT2D eigenvalue weighted by molar-refractivity contribution is 4.95. The van der Waals surface area contributed by atoms with Gasteiger partial charge in [-0.2, -0.15) is 0 Å². The van der Waals surface area contributed by atoms with Gasteiger partial charge in [-0.1, -0.05) is 6.92 Å². The molecule has 0 aliphatic carbocycles. The maximum absolute atomic E-state index is 5.99. The molecular formula is C14H28N2O3. The fraction of sp³-hybridized carbons (Fsp3) is 1.00. The van der Waals surface area contributed by atoms with Crippen LogP contribution in [0.25, 0.3) is 0 Å². The van der Waals surface area contributed by atoms with E-state index in [0.29, 0.717) is 5.92 Å². The SMILES string of the molecule is CCOC(CC)C(NN)C1CCOC2(CCOC2)C1. The van der Waals surface area contributed by atoms with E-state index >= 15 is 0 Å². The third kappa shape index (κ3) is 3.47. The Bertz CT molecular complexity index is 269. The minimum atomic E-state index is -0.0669. The quantitative estimate of drug-likeness (QED) is 0.562. The van der Waals surface area contributed by atoms with Gasteiger partial charge in [-0.05, 0) is 32.1 Å². The standard InChI is InChI=1S/C14H28N2O3/c1-3-12(18-4-2)13(16-15)11-5-7-19-14(9-11)6-8-17-10-14/h11-13,16H,3-10,15H2,1-2H3. The monoisotopic (exact) mass is 272 g/mol. The van der Waals surface area contributed by atoms with Gasteiger partial charge in [-0.3, -0.25) is 11.3 Å². The molecule has 0 bridgehead atoms. The zero-order chi connectivity index (χ0) is 13.7. The van der Waals surface area contributed by atoms with Crippen molar-refractivity contribution < 1.29 is 14.2 Å². The molecule has 0 aromatic heterocycles. The van der Waals surface area contributed by atoms with Crippen LogP contribution in [0.2, 0.25) is 0 Å². The zero-order valence-electron chi connectivity index (χ0n) is 12.2. The number of nitrogens with two attached hydrogens (primary N) is 1. The number of hydrazine groups is 1. The van der Waals surface area contributed by atoms with E-state index in [1.54, 1.807) is 0 Å². The topological polar surface area (TPSA) is 65.7 Å². The Morgan fingerprint density at radius 1 is 1.42 bits per heavy atom. The maximum atomic E-state index is 5.99. The molecule has 4 unspecified atom stereocenters. The van der Waals surface area contributed by atoms with Crippen molar-refractivity contribution in [2.45, 2.75) is 57.3 Å². The minimum Gasteiger partial charge on any atom is -0.378 e. The van der Waals surface area contributed by atoms with Gasteiger partial charge in [0.15, 0.2) is 0 Å². The molecule has 2 rings (SSSR count). The average Bonchev–Trinajstić information content (AvgIpc) is 2.86. The van der Waals surface area contributed by atoms with Crippen molar-refractivity contribution in [1.82, 2.24) is 5.43 Å². The Labute approximate surface area is 116 Å². The summed E-state index contributed by atoms with van der Waals surface area (Å²) in [5.41, 5.74) is 2.93. The van der Waals surface area contributed by atoms with E-state index in [9.17, 15) is 0 Å². The van der Waals surface area contributed by atoms with E-state index in [2.05, 4.69) is 12.3 Å². The fourth-order valence-electron chi connectivity index (χ4n) is 3.47. The molecule has 4 atom stereocenters. The lowest BCUT2D eigenvalue weighted by molar-refractivity contribution is -0.113. The van der Waals surface area contributed by atoms with Gasteiger partial charge in [0.2, 0.25) is 0 Å². The highest BCUT2D eigenvalue weighted by atomic mass is 16.6. The molecule has 2 saturated heterocycles. The number of hydrogen-bond acceptors (Lipinski definition) is 5. The highest BCUT2D eigenvalue weighted by Gasteiger charge is 2.44. The molecule has 19 heavy (non-hydrogen) atoms. The summed E-state index contributed by atoms with van der Waals surface area (Å²) in [5.74, 6) is 6.29. The smallest absolute Gasteiger partial charge is 0.0939 e. The minimum absolute atomic E-state index is 0.0669. The molecule has 0 radical (unpaired) electrons. The molecule has 2 aliphatic heterocycles. The molecule has 0 aromatic carbocycles. The van der Waals surface area contributed by atoms with Crippen molar-refractivity contribution in [2.24, 2.45) is 11.8 Å². The maximum Gasteiger partial charge on any atom is 0.0939 e. The molecule has 2 aliphatic rings. The first-order valence-electron chi connectivity index (χ1n) is 7.54. The predicted molar refractivity (Wildman–Crippen MR) is 73.7 cm³/mol. The van der Waals surface area contributed by atoms with E-state index in [0.717, 1.165) is 52.1 Å². The van der Waals surface area contributed by atoms with Crippen LogP contribution in [0.3, 0.4) is 0 Å². The summed E-state index contributed by atoms with van der Waals surface area (Å²) in [5, 5.41) is 0. The molecular weight excluding hydrogens is 244 g/mol. The van der Waals surface area contributed by atoms with Crippen LogP contribution in [0.1, 0.15) is 39.5 Å². The number of nitrogens with one attached hydrogen (secondary N) is 1. The van der Waals surface area contributed by atoms with Gasteiger partial charge in [-0.25, -0.2) is 0 Å². The molecule has 2 heterocycles. The Morgan fingerprint density at radius 3 is 2.84 bits per heavy atom. The van der Waals surface area contributed by atoms with Crippen molar-refractivity contribution in [3.63, 3.8) is 0 Å². The second-order valence-corrected chi connectivity index (χ2v) is 5.68. The van der Waals surface area contributed by atoms with Crippen molar-refractivity contribution in [2.75, 3.05) is 26.4 Å². The lowest BCUT2D eigenvalue weighted by Gasteiger charge is -2.42. The number of ether oxygens (including phenoxy) is 3. The van der Waals surface area contributed by atoms with Crippen LogP contribution >= 0.6 is 0 Å². The van der Waals surface area contributed by atoms with Crippen LogP contribution in [-0.4, -0.2) is 44.2 Å². The summed E-state index contributed by atoms with van der Waals surface area (Å²) in [4.78, 5) is 0. The van der Waals surface area contributed by atoms with Crippen LogP contribution in [0.15, 0.2) is 0 Å². The van der Waals surface area contributed by atoms with Crippen LogP contribution < -0.4 is 11.3 Å². The van der Waals surface area contributed by atoms with Crippen LogP contribution in [-0.2, 0) is 14.2 Å². The normalized spacial score (nSPS) is 34.6. The summed E-state index contributed by atoms with van der Waals surface area (Å²) < 4.78 is 17.4. The van der Waals surface area contributed by atoms with E-state index < -0.39 is 0 Å². The molecule has 0 aromatic rings. The first kappa shape index (κ1) is 15.2. The van der Waals surface area contributed by atoms with Crippen molar-refractivity contribution in [3.05, 3.63) is 0 Å². The largest absolute Gasteiger partial charge is 0.378 e. The lowest BCUT2D eigenvalue weighted by Crippen LogP contribution is -2.54. The van der Waals surface area contributed by atoms with Gasteiger partial charge in [-0.15, -0.1) is 0 Å². The lowest BCUT2D eigenvalue weighted by atomic mass is 9.79. The molecule has 0 amide bonds. The van der Waals surface area contributed by atoms with Gasteiger partial charge in [0.1, 0.15) is 0 Å². The fourth-order valence-corrected chi connectivity index (χ4v) is 3.47. The summed E-state index contributed by atoms with van der Waals surface area (Å²) >= 11 is 0. The van der Waals surface area contributed by atoms with E-state index in [1.807, 2.05) is 6.92 Å². The Morgan fingerprint density at radius 2 is 2.26 bits per heavy atom. The van der Waals surface area contributed by atoms with E-state index in [1.165, 1.54) is 0 Å². The van der Waals surface area contributed by atoms with Crippen LogP contribution in [0.5, 0.6) is 0 Å². The van der Waals surface area contributed by atoms with Crippen molar-refractivity contribution in [1.29, 1.82) is 0 Å². The first-order valence-corrected chi connectivity index (χ1v) is 7.54. The molecule has 1 spiro atoms. The summed E-state index contributed by atoms with van der Waals surface area (Å²) in [6, 6.07) is 0.200. The third-order valence-corrected chi connectivity index (χ3v) is 4.48. The van der Waals surface area contributed by atoms with Gasteiger partial charge in [0, 0.05) is 26.2 Å². The third-order valence-electron chi connectivity index (χ3n) is 4.48. The van der Waals surface area contributed by atoms with Gasteiger partial charge in [0.25, 0.3) is 0 Å². The van der Waals surface area contributed by atoms with Gasteiger partial charge in [0.05, 0.1) is 24.4 Å². The summed E-state index contributed by atoms with van der Waals surface area (Å²) in [6.45, 7) is 7.26. The molecule has 112 valence electrons. The highest BCUT2D eigenvalue weighted by Crippen LogP contribution is 2.38. The molecule has 2 fully saturated rings. The van der Waals surface area contributed by atoms with Crippen LogP contribution in [0.4, 0.5) is 0 Å². The summed E-state index contributed by atoms with van der Waals surface area (Å²) in [6.07, 6.45) is 4.22. The van der Waals surface area contributed by atoms with Gasteiger partial charge >= 0.3 is 0 Å². The van der Waals surface area contributed by atoms with Crippen molar-refractivity contribution >= 4 is 0 Å². The molecule has 5 nitrogen and oxygen atoms in total. The Kier molecular flexibility index (Phi) is 5.59. The van der Waals surface area contributed by atoms with Gasteiger partial charge < -0.3 is 14.2 Å². The van der Waals surface area contributed by atoms with Crippen LogP contribution in [0, 0.1) is 5.92 Å². The second kappa shape index (κ2) is 6.99. The molecule has 5 heteroatoms. The Hall–Kier alpha value is -0.200. The Balaban J connectivity index is 2.00. The zero-order valence-corrected chi connectivity index (χ0v) is 12.2. The first-order chi connectivity index (χ1) is 9.24. The van der Waals surface area contributed by atoms with E-state index in [4.69, 9.17) is 20.1 Å². The number of rotatable bonds is 6. The predicted octanol–water partition coefficient (Wildman–Crippen LogP) is 1.22. The van der Waals surface area contributed by atoms with Crippen molar-refractivity contribution in [3.8, 4) is 0 Å². The molecule has 3 N–H and O–H groups in total. The van der Waals surface area contributed by atoms with E-state index in [-0.39, 0.29) is 17.7 Å². The average molecular weight is 272 g/mol. The summed E-state index contributed by atoms with van der Waals surface area (Å²) in [7, 11) is 0.